The highest BCUT2D eigenvalue weighted by Crippen LogP contribution is 2.39. The van der Waals surface area contributed by atoms with Crippen LogP contribution in [0.5, 0.6) is 5.75 Å². The van der Waals surface area contributed by atoms with E-state index in [9.17, 15) is 4.39 Å². The van der Waals surface area contributed by atoms with Crippen LogP contribution in [-0.4, -0.2) is 5.11 Å². The van der Waals surface area contributed by atoms with Crippen LogP contribution in [0.4, 0.5) is 4.39 Å². The zero-order chi connectivity index (χ0) is 9.42. The molecule has 0 radical (unpaired) electrons. The van der Waals surface area contributed by atoms with Crippen molar-refractivity contribution in [3.05, 3.63) is 29.6 Å². The van der Waals surface area contributed by atoms with E-state index in [0.717, 1.165) is 18.4 Å². The summed E-state index contributed by atoms with van der Waals surface area (Å²) in [6, 6.07) is 4.28. The number of nitrogens with two attached hydrogens (primary N) is 1. The number of phenolic OH excluding ortho intramolecular Hbond substituents is 1. The molecule has 0 aromatic heterocycles. The fourth-order valence-corrected chi connectivity index (χ4v) is 1.46. The molecule has 1 fully saturated rings. The zero-order valence-corrected chi connectivity index (χ0v) is 7.20. The molecule has 0 unspecified atom stereocenters. The standard InChI is InChI=1S/C10H12FNO/c11-8-5-7(3-4-9(8)13)10(12)6-1-2-6/h3-6,10,13H,1-2,12H2/t10-/m1/s1. The molecule has 2 nitrogen and oxygen atoms in total. The molecule has 1 aliphatic rings. The van der Waals surface area contributed by atoms with Gasteiger partial charge in [-0.15, -0.1) is 0 Å². The van der Waals surface area contributed by atoms with Gasteiger partial charge in [-0.1, -0.05) is 6.07 Å². The van der Waals surface area contributed by atoms with Crippen molar-refractivity contribution < 1.29 is 9.50 Å². The first kappa shape index (κ1) is 8.51. The van der Waals surface area contributed by atoms with Gasteiger partial charge in [0.25, 0.3) is 0 Å². The van der Waals surface area contributed by atoms with E-state index < -0.39 is 5.82 Å². The molecule has 0 aliphatic heterocycles. The molecule has 1 saturated carbocycles. The number of benzene rings is 1. The molecule has 0 spiro atoms. The van der Waals surface area contributed by atoms with E-state index in [0.29, 0.717) is 5.92 Å². The van der Waals surface area contributed by atoms with Crippen molar-refractivity contribution in [2.75, 3.05) is 0 Å². The lowest BCUT2D eigenvalue weighted by Gasteiger charge is -2.10. The van der Waals surface area contributed by atoms with Crippen LogP contribution in [0, 0.1) is 11.7 Å². The van der Waals surface area contributed by atoms with E-state index in [2.05, 4.69) is 0 Å². The van der Waals surface area contributed by atoms with Gasteiger partial charge in [0.2, 0.25) is 0 Å². The SMILES string of the molecule is N[C@@H](c1ccc(O)c(F)c1)C1CC1. The van der Waals surface area contributed by atoms with E-state index in [1.165, 1.54) is 12.1 Å². The van der Waals surface area contributed by atoms with Crippen LogP contribution in [0.15, 0.2) is 18.2 Å². The molecular formula is C10H12FNO. The monoisotopic (exact) mass is 181 g/mol. The predicted molar refractivity (Wildman–Crippen MR) is 47.7 cm³/mol. The molecule has 13 heavy (non-hydrogen) atoms. The molecule has 0 heterocycles. The molecule has 1 atom stereocenters. The van der Waals surface area contributed by atoms with Gasteiger partial charge in [-0.25, -0.2) is 4.39 Å². The third kappa shape index (κ3) is 1.65. The van der Waals surface area contributed by atoms with Gasteiger partial charge in [0.15, 0.2) is 11.6 Å². The first-order valence-corrected chi connectivity index (χ1v) is 4.42. The lowest BCUT2D eigenvalue weighted by Crippen LogP contribution is -2.12. The Bertz CT molecular complexity index is 323. The quantitative estimate of drug-likeness (QED) is 0.732. The van der Waals surface area contributed by atoms with Crippen molar-refractivity contribution in [2.45, 2.75) is 18.9 Å². The first-order chi connectivity index (χ1) is 6.18. The maximum absolute atomic E-state index is 12.9. The van der Waals surface area contributed by atoms with Crippen molar-refractivity contribution >= 4 is 0 Å². The summed E-state index contributed by atoms with van der Waals surface area (Å²) in [7, 11) is 0. The molecule has 1 aromatic carbocycles. The maximum Gasteiger partial charge on any atom is 0.165 e. The lowest BCUT2D eigenvalue weighted by atomic mass is 10.0. The second-order valence-electron chi connectivity index (χ2n) is 3.57. The third-order valence-corrected chi connectivity index (χ3v) is 2.49. The number of hydrogen-bond acceptors (Lipinski definition) is 2. The Hall–Kier alpha value is -1.09. The fourth-order valence-electron chi connectivity index (χ4n) is 1.46. The lowest BCUT2D eigenvalue weighted by molar-refractivity contribution is 0.431. The fraction of sp³-hybridized carbons (Fsp3) is 0.400. The Balaban J connectivity index is 2.24. The molecule has 0 saturated heterocycles. The minimum Gasteiger partial charge on any atom is -0.505 e. The van der Waals surface area contributed by atoms with Gasteiger partial charge in [-0.3, -0.25) is 0 Å². The highest BCUT2D eigenvalue weighted by Gasteiger charge is 2.29. The highest BCUT2D eigenvalue weighted by molar-refractivity contribution is 5.30. The van der Waals surface area contributed by atoms with E-state index in [1.807, 2.05) is 0 Å². The van der Waals surface area contributed by atoms with Gasteiger partial charge >= 0.3 is 0 Å². The van der Waals surface area contributed by atoms with Gasteiger partial charge in [0.1, 0.15) is 0 Å². The molecular weight excluding hydrogens is 169 g/mol. The average molecular weight is 181 g/mol. The summed E-state index contributed by atoms with van der Waals surface area (Å²) in [4.78, 5) is 0. The van der Waals surface area contributed by atoms with Crippen molar-refractivity contribution in [1.29, 1.82) is 0 Å². The Morgan fingerprint density at radius 1 is 1.46 bits per heavy atom. The average Bonchev–Trinajstić information content (AvgIpc) is 2.91. The zero-order valence-electron chi connectivity index (χ0n) is 7.20. The molecule has 2 rings (SSSR count). The number of halogens is 1. The van der Waals surface area contributed by atoms with E-state index in [1.54, 1.807) is 6.07 Å². The molecule has 0 bridgehead atoms. The normalized spacial score (nSPS) is 18.6. The maximum atomic E-state index is 12.9. The summed E-state index contributed by atoms with van der Waals surface area (Å²) in [5.74, 6) is -0.399. The van der Waals surface area contributed by atoms with Gasteiger partial charge in [0.05, 0.1) is 0 Å². The van der Waals surface area contributed by atoms with E-state index >= 15 is 0 Å². The number of rotatable bonds is 2. The van der Waals surface area contributed by atoms with Crippen LogP contribution in [0.25, 0.3) is 0 Å². The van der Waals surface area contributed by atoms with Crippen LogP contribution in [-0.2, 0) is 0 Å². The van der Waals surface area contributed by atoms with Crippen LogP contribution in [0.3, 0.4) is 0 Å². The minimum absolute atomic E-state index is 0.0740. The number of phenols is 1. The van der Waals surface area contributed by atoms with E-state index in [4.69, 9.17) is 10.8 Å². The second-order valence-corrected chi connectivity index (χ2v) is 3.57. The van der Waals surface area contributed by atoms with Crippen molar-refractivity contribution in [2.24, 2.45) is 11.7 Å². The van der Waals surface area contributed by atoms with E-state index in [-0.39, 0.29) is 11.8 Å². The summed E-state index contributed by atoms with van der Waals surface area (Å²) < 4.78 is 12.9. The Morgan fingerprint density at radius 3 is 2.69 bits per heavy atom. The number of aromatic hydroxyl groups is 1. The van der Waals surface area contributed by atoms with Crippen molar-refractivity contribution in [1.82, 2.24) is 0 Å². The highest BCUT2D eigenvalue weighted by atomic mass is 19.1. The van der Waals surface area contributed by atoms with Crippen molar-refractivity contribution in [3.63, 3.8) is 0 Å². The smallest absolute Gasteiger partial charge is 0.165 e. The molecule has 3 N–H and O–H groups in total. The van der Waals surface area contributed by atoms with Crippen molar-refractivity contribution in [3.8, 4) is 5.75 Å². The van der Waals surface area contributed by atoms with Gasteiger partial charge in [-0.2, -0.15) is 0 Å². The van der Waals surface area contributed by atoms with Gasteiger partial charge in [-0.05, 0) is 36.5 Å². The summed E-state index contributed by atoms with van der Waals surface area (Å²) >= 11 is 0. The molecule has 70 valence electrons. The topological polar surface area (TPSA) is 46.2 Å². The summed E-state index contributed by atoms with van der Waals surface area (Å²) in [5.41, 5.74) is 6.65. The summed E-state index contributed by atoms with van der Waals surface area (Å²) in [5, 5.41) is 8.96. The van der Waals surface area contributed by atoms with Gasteiger partial charge < -0.3 is 10.8 Å². The van der Waals surface area contributed by atoms with Crippen LogP contribution in [0.1, 0.15) is 24.4 Å². The number of hydrogen-bond donors (Lipinski definition) is 2. The molecule has 1 aliphatic carbocycles. The molecule has 3 heteroatoms. The van der Waals surface area contributed by atoms with Crippen LogP contribution >= 0.6 is 0 Å². The summed E-state index contributed by atoms with van der Waals surface area (Å²) in [6.07, 6.45) is 2.26. The largest absolute Gasteiger partial charge is 0.505 e. The van der Waals surface area contributed by atoms with Crippen LogP contribution < -0.4 is 5.73 Å². The first-order valence-electron chi connectivity index (χ1n) is 4.42. The van der Waals surface area contributed by atoms with Crippen LogP contribution in [0.2, 0.25) is 0 Å². The molecule has 0 amide bonds. The Morgan fingerprint density at radius 2 is 2.15 bits per heavy atom. The van der Waals surface area contributed by atoms with Gasteiger partial charge in [0, 0.05) is 6.04 Å². The Kier molecular flexibility index (Phi) is 1.96. The predicted octanol–water partition coefficient (Wildman–Crippen LogP) is 1.94. The Labute approximate surface area is 76.2 Å². The third-order valence-electron chi connectivity index (χ3n) is 2.49. The molecule has 1 aromatic rings. The summed E-state index contributed by atoms with van der Waals surface area (Å²) in [6.45, 7) is 0. The second kappa shape index (κ2) is 3.00. The minimum atomic E-state index is -0.589.